The fraction of sp³-hybridized carbons (Fsp3) is 0.296. The molecule has 1 aliphatic heterocycles. The maximum atomic E-state index is 13.8. The summed E-state index contributed by atoms with van der Waals surface area (Å²) in [5, 5.41) is 0.447. The number of aromatic nitrogens is 1. The van der Waals surface area contributed by atoms with E-state index in [1.807, 2.05) is 37.3 Å². The van der Waals surface area contributed by atoms with E-state index in [4.69, 9.17) is 30.8 Å². The third kappa shape index (κ3) is 4.96. The molecule has 9 heteroatoms. The third-order valence-electron chi connectivity index (χ3n) is 5.78. The number of thiazole rings is 1. The van der Waals surface area contributed by atoms with Crippen LogP contribution in [0, 0.1) is 0 Å². The molecule has 188 valence electrons. The minimum absolute atomic E-state index is 0.217. The van der Waals surface area contributed by atoms with Crippen LogP contribution in [-0.4, -0.2) is 31.4 Å². The molecule has 0 N–H and O–H groups in total. The van der Waals surface area contributed by atoms with Crippen molar-refractivity contribution >= 4 is 35.0 Å². The number of ether oxygens (including phenoxy) is 3. The second kappa shape index (κ2) is 11.1. The number of nitrogens with zero attached hydrogens (tertiary/aromatic N) is 2. The highest BCUT2D eigenvalue weighted by Crippen LogP contribution is 2.34. The van der Waals surface area contributed by atoms with Crippen molar-refractivity contribution in [3.8, 4) is 11.5 Å². The van der Waals surface area contributed by atoms with Crippen LogP contribution >= 0.6 is 22.9 Å². The molecule has 0 saturated carbocycles. The van der Waals surface area contributed by atoms with Crippen molar-refractivity contribution in [1.29, 1.82) is 0 Å². The van der Waals surface area contributed by atoms with Gasteiger partial charge in [-0.05, 0) is 54.8 Å². The van der Waals surface area contributed by atoms with E-state index in [1.165, 1.54) is 11.3 Å². The molecule has 0 spiro atoms. The number of carbonyl (C=O) groups is 1. The molecule has 3 aromatic rings. The van der Waals surface area contributed by atoms with E-state index >= 15 is 0 Å². The standard InChI is InChI=1S/C27H27ClN2O5S/c1-5-8-20-23(26(32)35-6-2)24(17-9-7-10-18(15-17)33-3)30-25(31)22(36-27(30)29-20)14-16-11-12-21(34-4)19(28)13-16/h7,9-15,24H,5-6,8H2,1-4H3/b22-14+/t24-/m0/s1. The van der Waals surface area contributed by atoms with Gasteiger partial charge < -0.3 is 14.2 Å². The number of methoxy groups -OCH3 is 2. The molecular formula is C27H27ClN2O5S. The van der Waals surface area contributed by atoms with Crippen LogP contribution in [-0.2, 0) is 9.53 Å². The van der Waals surface area contributed by atoms with Crippen LogP contribution < -0.4 is 24.4 Å². The van der Waals surface area contributed by atoms with Crippen molar-refractivity contribution in [3.63, 3.8) is 0 Å². The molecule has 2 aromatic carbocycles. The minimum atomic E-state index is -0.696. The molecule has 0 radical (unpaired) electrons. The summed E-state index contributed by atoms with van der Waals surface area (Å²) in [6.07, 6.45) is 3.13. The molecule has 0 amide bonds. The van der Waals surface area contributed by atoms with Gasteiger partial charge in [-0.3, -0.25) is 9.36 Å². The van der Waals surface area contributed by atoms with Gasteiger partial charge in [0, 0.05) is 0 Å². The van der Waals surface area contributed by atoms with Crippen LogP contribution in [0.1, 0.15) is 43.9 Å². The number of hydrogen-bond acceptors (Lipinski definition) is 7. The molecular weight excluding hydrogens is 500 g/mol. The summed E-state index contributed by atoms with van der Waals surface area (Å²) in [4.78, 5) is 32.3. The minimum Gasteiger partial charge on any atom is -0.497 e. The number of rotatable bonds is 8. The van der Waals surface area contributed by atoms with E-state index in [0.29, 0.717) is 43.5 Å². The Balaban J connectivity index is 1.98. The number of fused-ring (bicyclic) bond motifs is 1. The number of benzene rings is 2. The first-order chi connectivity index (χ1) is 17.4. The molecule has 0 fully saturated rings. The predicted molar refractivity (Wildman–Crippen MR) is 141 cm³/mol. The van der Waals surface area contributed by atoms with Gasteiger partial charge in [0.2, 0.25) is 0 Å². The van der Waals surface area contributed by atoms with Crippen molar-refractivity contribution in [3.05, 3.63) is 89.6 Å². The monoisotopic (exact) mass is 526 g/mol. The molecule has 0 saturated heterocycles. The largest absolute Gasteiger partial charge is 0.497 e. The Morgan fingerprint density at radius 3 is 2.64 bits per heavy atom. The number of hydrogen-bond donors (Lipinski definition) is 0. The lowest BCUT2D eigenvalue weighted by Gasteiger charge is -2.26. The molecule has 0 aliphatic carbocycles. The van der Waals surface area contributed by atoms with E-state index in [9.17, 15) is 9.59 Å². The van der Waals surface area contributed by atoms with Crippen LogP contribution in [0.5, 0.6) is 11.5 Å². The number of allylic oxidation sites excluding steroid dienone is 1. The Morgan fingerprint density at radius 1 is 1.17 bits per heavy atom. The Hall–Kier alpha value is -3.36. The molecule has 2 heterocycles. The summed E-state index contributed by atoms with van der Waals surface area (Å²) in [6, 6.07) is 12.0. The summed E-state index contributed by atoms with van der Waals surface area (Å²) in [5.41, 5.74) is 2.24. The van der Waals surface area contributed by atoms with Crippen molar-refractivity contribution in [2.45, 2.75) is 32.7 Å². The lowest BCUT2D eigenvalue weighted by atomic mass is 9.94. The molecule has 4 rings (SSSR count). The summed E-state index contributed by atoms with van der Waals surface area (Å²) in [6.45, 7) is 4.00. The number of carbonyl (C=O) groups excluding carboxylic acids is 1. The van der Waals surface area contributed by atoms with E-state index < -0.39 is 12.0 Å². The first kappa shape index (κ1) is 25.7. The van der Waals surface area contributed by atoms with Gasteiger partial charge in [0.25, 0.3) is 5.56 Å². The highest BCUT2D eigenvalue weighted by atomic mass is 35.5. The van der Waals surface area contributed by atoms with Gasteiger partial charge in [0.15, 0.2) is 4.80 Å². The van der Waals surface area contributed by atoms with Crippen LogP contribution in [0.3, 0.4) is 0 Å². The maximum Gasteiger partial charge on any atom is 0.338 e. The molecule has 36 heavy (non-hydrogen) atoms. The quantitative estimate of drug-likeness (QED) is 0.410. The lowest BCUT2D eigenvalue weighted by molar-refractivity contribution is -0.139. The number of halogens is 1. The average molecular weight is 527 g/mol. The second-order valence-corrected chi connectivity index (χ2v) is 9.50. The van der Waals surface area contributed by atoms with E-state index in [0.717, 1.165) is 17.5 Å². The summed E-state index contributed by atoms with van der Waals surface area (Å²) in [7, 11) is 3.13. The molecule has 1 aliphatic rings. The average Bonchev–Trinajstić information content (AvgIpc) is 3.18. The molecule has 1 aromatic heterocycles. The van der Waals surface area contributed by atoms with Crippen molar-refractivity contribution in [2.24, 2.45) is 4.99 Å². The van der Waals surface area contributed by atoms with Crippen molar-refractivity contribution < 1.29 is 19.0 Å². The third-order valence-corrected chi connectivity index (χ3v) is 7.05. The zero-order chi connectivity index (χ0) is 25.8. The first-order valence-corrected chi connectivity index (χ1v) is 12.8. The van der Waals surface area contributed by atoms with Gasteiger partial charge in [-0.25, -0.2) is 9.79 Å². The summed E-state index contributed by atoms with van der Waals surface area (Å²) >= 11 is 7.57. The van der Waals surface area contributed by atoms with Gasteiger partial charge in [0.05, 0.1) is 47.7 Å². The highest BCUT2D eigenvalue weighted by molar-refractivity contribution is 7.07. The van der Waals surface area contributed by atoms with Gasteiger partial charge in [-0.15, -0.1) is 0 Å². The van der Waals surface area contributed by atoms with Crippen LogP contribution in [0.4, 0.5) is 0 Å². The SMILES string of the molecule is CCCC1=C(C(=O)OCC)[C@H](c2cccc(OC)c2)n2c(s/c(=C/c3ccc(OC)c(Cl)c3)c2=O)=N1. The molecule has 0 unspecified atom stereocenters. The Labute approximate surface area is 217 Å². The smallest absolute Gasteiger partial charge is 0.338 e. The fourth-order valence-corrected chi connectivity index (χ4v) is 5.46. The van der Waals surface area contributed by atoms with Gasteiger partial charge in [-0.2, -0.15) is 0 Å². The molecule has 7 nitrogen and oxygen atoms in total. The summed E-state index contributed by atoms with van der Waals surface area (Å²) < 4.78 is 18.1. The molecule has 0 bridgehead atoms. The van der Waals surface area contributed by atoms with Crippen LogP contribution in [0.15, 0.2) is 63.5 Å². The Morgan fingerprint density at radius 2 is 1.97 bits per heavy atom. The van der Waals surface area contributed by atoms with E-state index in [2.05, 4.69) is 0 Å². The topological polar surface area (TPSA) is 79.1 Å². The van der Waals surface area contributed by atoms with Crippen molar-refractivity contribution in [2.75, 3.05) is 20.8 Å². The lowest BCUT2D eigenvalue weighted by Crippen LogP contribution is -2.40. The van der Waals surface area contributed by atoms with E-state index in [-0.39, 0.29) is 12.2 Å². The van der Waals surface area contributed by atoms with E-state index in [1.54, 1.807) is 43.9 Å². The molecule has 1 atom stereocenters. The fourth-order valence-electron chi connectivity index (χ4n) is 4.17. The Kier molecular flexibility index (Phi) is 7.96. The van der Waals surface area contributed by atoms with Gasteiger partial charge >= 0.3 is 5.97 Å². The van der Waals surface area contributed by atoms with Crippen LogP contribution in [0.2, 0.25) is 5.02 Å². The van der Waals surface area contributed by atoms with Crippen molar-refractivity contribution in [1.82, 2.24) is 4.57 Å². The van der Waals surface area contributed by atoms with Crippen LogP contribution in [0.25, 0.3) is 6.08 Å². The number of esters is 1. The predicted octanol–water partition coefficient (Wildman–Crippen LogP) is 4.25. The maximum absolute atomic E-state index is 13.8. The first-order valence-electron chi connectivity index (χ1n) is 11.6. The zero-order valence-corrected chi connectivity index (χ0v) is 22.1. The highest BCUT2D eigenvalue weighted by Gasteiger charge is 2.34. The normalized spacial score (nSPS) is 15.4. The Bertz CT molecular complexity index is 1510. The van der Waals surface area contributed by atoms with Gasteiger partial charge in [0.1, 0.15) is 11.5 Å². The zero-order valence-electron chi connectivity index (χ0n) is 20.5. The van der Waals surface area contributed by atoms with Gasteiger partial charge in [-0.1, -0.05) is 54.5 Å². The second-order valence-electron chi connectivity index (χ2n) is 8.08. The summed E-state index contributed by atoms with van der Waals surface area (Å²) in [5.74, 6) is 0.699.